The Bertz CT molecular complexity index is 693. The number of nitrogens with zero attached hydrogens (tertiary/aromatic N) is 1. The monoisotopic (exact) mass is 313 g/mol. The SMILES string of the molecule is CCOc1cc(C=C[N+](=O)[O-])ccc1OCc1ccc(C)cc1. The molecule has 0 aromatic heterocycles. The maximum absolute atomic E-state index is 10.4. The van der Waals surface area contributed by atoms with Crippen LogP contribution in [0.1, 0.15) is 23.6 Å². The van der Waals surface area contributed by atoms with E-state index < -0.39 is 4.92 Å². The van der Waals surface area contributed by atoms with Gasteiger partial charge in [-0.1, -0.05) is 35.9 Å². The lowest BCUT2D eigenvalue weighted by Gasteiger charge is -2.12. The second-order valence-electron chi connectivity index (χ2n) is 5.01. The average Bonchev–Trinajstić information content (AvgIpc) is 2.54. The van der Waals surface area contributed by atoms with Crippen molar-refractivity contribution < 1.29 is 14.4 Å². The van der Waals surface area contributed by atoms with Crippen molar-refractivity contribution in [2.45, 2.75) is 20.5 Å². The van der Waals surface area contributed by atoms with Crippen LogP contribution in [0.15, 0.2) is 48.7 Å². The summed E-state index contributed by atoms with van der Waals surface area (Å²) in [4.78, 5) is 9.90. The molecule has 0 amide bonds. The highest BCUT2D eigenvalue weighted by Crippen LogP contribution is 2.29. The molecule has 0 spiro atoms. The zero-order valence-electron chi connectivity index (χ0n) is 13.2. The summed E-state index contributed by atoms with van der Waals surface area (Å²) < 4.78 is 11.4. The van der Waals surface area contributed by atoms with E-state index in [4.69, 9.17) is 9.47 Å². The summed E-state index contributed by atoms with van der Waals surface area (Å²) >= 11 is 0. The molecular formula is C18H19NO4. The maximum Gasteiger partial charge on any atom is 0.235 e. The fourth-order valence-electron chi connectivity index (χ4n) is 2.01. The molecule has 120 valence electrons. The summed E-state index contributed by atoms with van der Waals surface area (Å²) in [6.07, 6.45) is 2.32. The summed E-state index contributed by atoms with van der Waals surface area (Å²) in [5.74, 6) is 1.19. The second-order valence-corrected chi connectivity index (χ2v) is 5.01. The molecular weight excluding hydrogens is 294 g/mol. The van der Waals surface area contributed by atoms with Crippen molar-refractivity contribution in [3.8, 4) is 11.5 Å². The Kier molecular flexibility index (Phi) is 5.74. The lowest BCUT2D eigenvalue weighted by Crippen LogP contribution is -2.00. The smallest absolute Gasteiger partial charge is 0.235 e. The standard InChI is InChI=1S/C18H19NO4/c1-3-22-18-12-15(10-11-19(20)21)8-9-17(18)23-13-16-6-4-14(2)5-7-16/h4-12H,3,13H2,1-2H3. The minimum absolute atomic E-state index is 0.435. The van der Waals surface area contributed by atoms with Gasteiger partial charge in [0.05, 0.1) is 11.5 Å². The first-order valence-electron chi connectivity index (χ1n) is 7.35. The van der Waals surface area contributed by atoms with E-state index in [1.54, 1.807) is 18.2 Å². The third-order valence-corrected chi connectivity index (χ3v) is 3.17. The molecule has 2 rings (SSSR count). The molecule has 0 aliphatic rings. The van der Waals surface area contributed by atoms with Gasteiger partial charge < -0.3 is 9.47 Å². The first kappa shape index (κ1) is 16.5. The van der Waals surface area contributed by atoms with Crippen molar-refractivity contribution in [1.82, 2.24) is 0 Å². The topological polar surface area (TPSA) is 61.6 Å². The van der Waals surface area contributed by atoms with Gasteiger partial charge in [-0.2, -0.15) is 0 Å². The van der Waals surface area contributed by atoms with Crippen molar-refractivity contribution in [1.29, 1.82) is 0 Å². The van der Waals surface area contributed by atoms with Crippen LogP contribution in [-0.4, -0.2) is 11.5 Å². The van der Waals surface area contributed by atoms with Gasteiger partial charge in [0.15, 0.2) is 11.5 Å². The molecule has 0 N–H and O–H groups in total. The Morgan fingerprint density at radius 2 is 1.83 bits per heavy atom. The molecule has 0 aliphatic carbocycles. The molecule has 5 nitrogen and oxygen atoms in total. The zero-order valence-corrected chi connectivity index (χ0v) is 13.2. The van der Waals surface area contributed by atoms with Crippen LogP contribution < -0.4 is 9.47 Å². The minimum atomic E-state index is -0.498. The van der Waals surface area contributed by atoms with Crippen LogP contribution in [0.5, 0.6) is 11.5 Å². The highest BCUT2D eigenvalue weighted by atomic mass is 16.6. The number of rotatable bonds is 7. The minimum Gasteiger partial charge on any atom is -0.490 e. The summed E-state index contributed by atoms with van der Waals surface area (Å²) in [5, 5.41) is 10.4. The van der Waals surface area contributed by atoms with E-state index in [-0.39, 0.29) is 0 Å². The van der Waals surface area contributed by atoms with E-state index in [0.29, 0.717) is 30.3 Å². The molecule has 2 aromatic carbocycles. The molecule has 0 fully saturated rings. The van der Waals surface area contributed by atoms with Gasteiger partial charge in [0.25, 0.3) is 0 Å². The zero-order chi connectivity index (χ0) is 16.7. The van der Waals surface area contributed by atoms with Gasteiger partial charge in [-0.15, -0.1) is 0 Å². The van der Waals surface area contributed by atoms with Gasteiger partial charge in [-0.05, 0) is 37.1 Å². The van der Waals surface area contributed by atoms with Crippen LogP contribution in [0.25, 0.3) is 6.08 Å². The van der Waals surface area contributed by atoms with Gasteiger partial charge in [0, 0.05) is 6.08 Å². The van der Waals surface area contributed by atoms with Crippen LogP contribution in [-0.2, 0) is 6.61 Å². The van der Waals surface area contributed by atoms with Gasteiger partial charge in [0.2, 0.25) is 6.20 Å². The van der Waals surface area contributed by atoms with Crippen LogP contribution in [0.4, 0.5) is 0 Å². The lowest BCUT2D eigenvalue weighted by molar-refractivity contribution is -0.400. The van der Waals surface area contributed by atoms with Crippen LogP contribution >= 0.6 is 0 Å². The Morgan fingerprint density at radius 3 is 2.48 bits per heavy atom. The van der Waals surface area contributed by atoms with Crippen LogP contribution in [0.3, 0.4) is 0 Å². The summed E-state index contributed by atoms with van der Waals surface area (Å²) in [7, 11) is 0. The number of hydrogen-bond donors (Lipinski definition) is 0. The van der Waals surface area contributed by atoms with E-state index in [1.165, 1.54) is 11.6 Å². The molecule has 0 bridgehead atoms. The summed E-state index contributed by atoms with van der Waals surface area (Å²) in [6, 6.07) is 13.4. The molecule has 0 saturated carbocycles. The van der Waals surface area contributed by atoms with Crippen molar-refractivity contribution in [3.63, 3.8) is 0 Å². The number of aryl methyl sites for hydroxylation is 1. The molecule has 0 unspecified atom stereocenters. The molecule has 5 heteroatoms. The number of benzene rings is 2. The summed E-state index contributed by atoms with van der Waals surface area (Å²) in [5.41, 5.74) is 2.95. The molecule has 23 heavy (non-hydrogen) atoms. The fourth-order valence-corrected chi connectivity index (χ4v) is 2.01. The van der Waals surface area contributed by atoms with Gasteiger partial charge in [0.1, 0.15) is 6.61 Å². The summed E-state index contributed by atoms with van der Waals surface area (Å²) in [6.45, 7) is 4.84. The molecule has 0 aliphatic heterocycles. The van der Waals surface area contributed by atoms with Gasteiger partial charge in [-0.3, -0.25) is 10.1 Å². The number of nitro groups is 1. The lowest BCUT2D eigenvalue weighted by atomic mass is 10.1. The van der Waals surface area contributed by atoms with E-state index in [1.807, 2.05) is 38.1 Å². The van der Waals surface area contributed by atoms with E-state index in [2.05, 4.69) is 0 Å². The van der Waals surface area contributed by atoms with Crippen LogP contribution in [0, 0.1) is 17.0 Å². The maximum atomic E-state index is 10.4. The predicted octanol–water partition coefficient (Wildman–Crippen LogP) is 4.22. The average molecular weight is 313 g/mol. The second kappa shape index (κ2) is 7.98. The Hall–Kier alpha value is -2.82. The first-order chi connectivity index (χ1) is 11.1. The molecule has 0 heterocycles. The van der Waals surface area contributed by atoms with Crippen LogP contribution in [0.2, 0.25) is 0 Å². The Balaban J connectivity index is 2.13. The van der Waals surface area contributed by atoms with Gasteiger partial charge >= 0.3 is 0 Å². The number of ether oxygens (including phenoxy) is 2. The fraction of sp³-hybridized carbons (Fsp3) is 0.222. The molecule has 2 aromatic rings. The van der Waals surface area contributed by atoms with E-state index >= 15 is 0 Å². The van der Waals surface area contributed by atoms with Gasteiger partial charge in [-0.25, -0.2) is 0 Å². The molecule has 0 atom stereocenters. The van der Waals surface area contributed by atoms with Crippen molar-refractivity contribution in [2.75, 3.05) is 6.61 Å². The largest absolute Gasteiger partial charge is 0.490 e. The first-order valence-corrected chi connectivity index (χ1v) is 7.35. The normalized spacial score (nSPS) is 10.7. The van der Waals surface area contributed by atoms with Crippen molar-refractivity contribution in [3.05, 3.63) is 75.5 Å². The Labute approximate surface area is 135 Å². The van der Waals surface area contributed by atoms with Crippen molar-refractivity contribution in [2.24, 2.45) is 0 Å². The van der Waals surface area contributed by atoms with Crippen molar-refractivity contribution >= 4 is 6.08 Å². The Morgan fingerprint density at radius 1 is 1.09 bits per heavy atom. The highest BCUT2D eigenvalue weighted by Gasteiger charge is 2.06. The quantitative estimate of drug-likeness (QED) is 0.567. The molecule has 0 radical (unpaired) electrons. The highest BCUT2D eigenvalue weighted by molar-refractivity contribution is 5.55. The molecule has 0 saturated heterocycles. The van der Waals surface area contributed by atoms with E-state index in [9.17, 15) is 10.1 Å². The van der Waals surface area contributed by atoms with E-state index in [0.717, 1.165) is 11.8 Å². The number of hydrogen-bond acceptors (Lipinski definition) is 4. The third kappa shape index (κ3) is 5.14. The third-order valence-electron chi connectivity index (χ3n) is 3.17. The predicted molar refractivity (Wildman–Crippen MR) is 89.2 cm³/mol.